The molecule has 0 saturated carbocycles. The molecule has 1 aromatic carbocycles. The summed E-state index contributed by atoms with van der Waals surface area (Å²) in [6.07, 6.45) is 3.71. The van der Waals surface area contributed by atoms with Gasteiger partial charge < -0.3 is 4.74 Å². The Kier molecular flexibility index (Phi) is 4.07. The predicted molar refractivity (Wildman–Crippen MR) is 86.1 cm³/mol. The maximum absolute atomic E-state index is 12.6. The number of carbonyl (C=O) groups excluding carboxylic acids is 1. The Morgan fingerprint density at radius 2 is 1.75 bits per heavy atom. The molecule has 0 aliphatic heterocycles. The number of ether oxygens (including phenoxy) is 1. The van der Waals surface area contributed by atoms with E-state index in [9.17, 15) is 14.4 Å². The third kappa shape index (κ3) is 2.63. The number of aldehydes is 1. The van der Waals surface area contributed by atoms with E-state index < -0.39 is 11.2 Å². The van der Waals surface area contributed by atoms with Gasteiger partial charge in [-0.2, -0.15) is 4.98 Å². The standard InChI is InChI=1S/C17H13N3O4/c1-24-13-7-5-12(6-8-13)20-16(22)14(11-21)15(18-17(20)23)19-9-3-2-4-10-19/h2-11H,1H3/p+1. The van der Waals surface area contributed by atoms with Crippen LogP contribution in [0.1, 0.15) is 10.4 Å². The van der Waals surface area contributed by atoms with Gasteiger partial charge in [-0.05, 0) is 36.4 Å². The zero-order valence-electron chi connectivity index (χ0n) is 12.8. The average Bonchev–Trinajstić information content (AvgIpc) is 2.62. The molecule has 3 aromatic rings. The average molecular weight is 324 g/mol. The highest BCUT2D eigenvalue weighted by Gasteiger charge is 2.21. The maximum Gasteiger partial charge on any atom is 0.420 e. The summed E-state index contributed by atoms with van der Waals surface area (Å²) in [6.45, 7) is 0. The number of aromatic amines is 1. The molecular formula is C17H14N3O4+. The fourth-order valence-electron chi connectivity index (χ4n) is 2.36. The lowest BCUT2D eigenvalue weighted by Crippen LogP contribution is -2.43. The van der Waals surface area contributed by atoms with Gasteiger partial charge in [-0.25, -0.2) is 13.9 Å². The van der Waals surface area contributed by atoms with Crippen molar-refractivity contribution in [2.75, 3.05) is 7.11 Å². The van der Waals surface area contributed by atoms with Crippen molar-refractivity contribution in [1.29, 1.82) is 0 Å². The Morgan fingerprint density at radius 3 is 2.33 bits per heavy atom. The molecule has 0 bridgehead atoms. The number of benzene rings is 1. The molecule has 120 valence electrons. The first-order valence-corrected chi connectivity index (χ1v) is 7.11. The van der Waals surface area contributed by atoms with E-state index in [0.717, 1.165) is 4.57 Å². The van der Waals surface area contributed by atoms with Crippen molar-refractivity contribution < 1.29 is 14.1 Å². The first-order chi connectivity index (χ1) is 11.7. The fourth-order valence-corrected chi connectivity index (χ4v) is 2.36. The first-order valence-electron chi connectivity index (χ1n) is 7.11. The molecule has 0 atom stereocenters. The maximum atomic E-state index is 12.6. The minimum atomic E-state index is -0.690. The molecule has 0 radical (unpaired) electrons. The first kappa shape index (κ1) is 15.4. The van der Waals surface area contributed by atoms with E-state index in [1.54, 1.807) is 54.9 Å². The lowest BCUT2D eigenvalue weighted by molar-refractivity contribution is -0.600. The molecule has 0 spiro atoms. The highest BCUT2D eigenvalue weighted by atomic mass is 16.5. The van der Waals surface area contributed by atoms with Crippen molar-refractivity contribution in [2.24, 2.45) is 0 Å². The number of aromatic nitrogens is 3. The summed E-state index contributed by atoms with van der Waals surface area (Å²) in [6, 6.07) is 11.6. The number of rotatable bonds is 4. The van der Waals surface area contributed by atoms with Crippen molar-refractivity contribution in [3.8, 4) is 17.3 Å². The molecule has 7 nitrogen and oxygen atoms in total. The van der Waals surface area contributed by atoms with Gasteiger partial charge in [0.15, 0.2) is 11.8 Å². The predicted octanol–water partition coefficient (Wildman–Crippen LogP) is 0.624. The van der Waals surface area contributed by atoms with Gasteiger partial charge in [0.25, 0.3) is 5.56 Å². The smallest absolute Gasteiger partial charge is 0.420 e. The van der Waals surface area contributed by atoms with Crippen LogP contribution in [0.3, 0.4) is 0 Å². The van der Waals surface area contributed by atoms with Crippen molar-refractivity contribution >= 4 is 6.29 Å². The van der Waals surface area contributed by atoms with Crippen LogP contribution in [0.5, 0.6) is 5.75 Å². The van der Waals surface area contributed by atoms with E-state index in [4.69, 9.17) is 4.74 Å². The van der Waals surface area contributed by atoms with Crippen LogP contribution < -0.4 is 20.6 Å². The SMILES string of the molecule is COc1ccc(-n2c(=O)[nH]c(-[n+]3ccccc3)c(C=O)c2=O)cc1. The summed E-state index contributed by atoms with van der Waals surface area (Å²) in [5.41, 5.74) is -1.12. The van der Waals surface area contributed by atoms with Gasteiger partial charge in [0.2, 0.25) is 0 Å². The summed E-state index contributed by atoms with van der Waals surface area (Å²) in [7, 11) is 1.52. The number of nitrogens with zero attached hydrogens (tertiary/aromatic N) is 2. The third-order valence-corrected chi connectivity index (χ3v) is 3.54. The molecule has 0 amide bonds. The van der Waals surface area contributed by atoms with Crippen LogP contribution in [0.25, 0.3) is 11.5 Å². The van der Waals surface area contributed by atoms with Crippen molar-refractivity contribution in [1.82, 2.24) is 9.55 Å². The van der Waals surface area contributed by atoms with E-state index in [1.165, 1.54) is 11.7 Å². The molecule has 7 heteroatoms. The second-order valence-corrected chi connectivity index (χ2v) is 4.93. The Morgan fingerprint density at radius 1 is 1.08 bits per heavy atom. The van der Waals surface area contributed by atoms with Crippen LogP contribution in [0.4, 0.5) is 0 Å². The molecule has 2 aromatic heterocycles. The van der Waals surface area contributed by atoms with Gasteiger partial charge in [0, 0.05) is 0 Å². The Bertz CT molecular complexity index is 989. The molecule has 3 rings (SSSR count). The lowest BCUT2D eigenvalue weighted by Gasteiger charge is -2.06. The molecule has 0 unspecified atom stereocenters. The summed E-state index contributed by atoms with van der Waals surface area (Å²) in [5, 5.41) is 0. The fraction of sp³-hybridized carbons (Fsp3) is 0.0588. The van der Waals surface area contributed by atoms with Gasteiger partial charge in [0.05, 0.1) is 25.2 Å². The van der Waals surface area contributed by atoms with E-state index in [0.29, 0.717) is 17.7 Å². The lowest BCUT2D eigenvalue weighted by atomic mass is 10.2. The minimum Gasteiger partial charge on any atom is -0.497 e. The summed E-state index contributed by atoms with van der Waals surface area (Å²) >= 11 is 0. The van der Waals surface area contributed by atoms with Crippen LogP contribution in [-0.4, -0.2) is 22.9 Å². The number of H-pyrrole nitrogens is 1. The van der Waals surface area contributed by atoms with Gasteiger partial charge >= 0.3 is 11.5 Å². The van der Waals surface area contributed by atoms with E-state index in [-0.39, 0.29) is 11.4 Å². The molecule has 0 aliphatic rings. The monoisotopic (exact) mass is 324 g/mol. The Labute approximate surface area is 136 Å². The van der Waals surface area contributed by atoms with Crippen molar-refractivity contribution in [3.05, 3.63) is 81.3 Å². The number of carbonyl (C=O) groups is 1. The number of hydrogen-bond donors (Lipinski definition) is 1. The summed E-state index contributed by atoms with van der Waals surface area (Å²) < 4.78 is 7.47. The summed E-state index contributed by atoms with van der Waals surface area (Å²) in [4.78, 5) is 39.1. The van der Waals surface area contributed by atoms with Gasteiger partial charge in [-0.1, -0.05) is 6.07 Å². The van der Waals surface area contributed by atoms with Crippen LogP contribution in [0.15, 0.2) is 64.4 Å². The van der Waals surface area contributed by atoms with Gasteiger partial charge in [-0.15, -0.1) is 0 Å². The molecule has 0 fully saturated rings. The normalized spacial score (nSPS) is 10.4. The van der Waals surface area contributed by atoms with Gasteiger partial charge in [-0.3, -0.25) is 9.59 Å². The molecular weight excluding hydrogens is 310 g/mol. The van der Waals surface area contributed by atoms with Crippen LogP contribution >= 0.6 is 0 Å². The molecule has 24 heavy (non-hydrogen) atoms. The second kappa shape index (κ2) is 6.33. The molecule has 2 heterocycles. The minimum absolute atomic E-state index is 0.130. The largest absolute Gasteiger partial charge is 0.497 e. The second-order valence-electron chi connectivity index (χ2n) is 4.93. The Hall–Kier alpha value is -3.48. The molecule has 0 saturated heterocycles. The Balaban J connectivity index is 2.25. The zero-order chi connectivity index (χ0) is 17.1. The van der Waals surface area contributed by atoms with Crippen LogP contribution in [-0.2, 0) is 0 Å². The van der Waals surface area contributed by atoms with E-state index >= 15 is 0 Å². The van der Waals surface area contributed by atoms with E-state index in [1.807, 2.05) is 0 Å². The van der Waals surface area contributed by atoms with Crippen molar-refractivity contribution in [3.63, 3.8) is 0 Å². The summed E-state index contributed by atoms with van der Waals surface area (Å²) in [5.74, 6) is 0.723. The number of hydrogen-bond acceptors (Lipinski definition) is 4. The molecule has 0 aliphatic carbocycles. The highest BCUT2D eigenvalue weighted by Crippen LogP contribution is 2.12. The van der Waals surface area contributed by atoms with Gasteiger partial charge in [0.1, 0.15) is 5.75 Å². The molecule has 1 N–H and O–H groups in total. The van der Waals surface area contributed by atoms with Crippen LogP contribution in [0, 0.1) is 0 Å². The number of methoxy groups -OCH3 is 1. The van der Waals surface area contributed by atoms with E-state index in [2.05, 4.69) is 4.98 Å². The van der Waals surface area contributed by atoms with Crippen molar-refractivity contribution in [2.45, 2.75) is 0 Å². The third-order valence-electron chi connectivity index (χ3n) is 3.54. The number of nitrogens with one attached hydrogen (secondary N) is 1. The topological polar surface area (TPSA) is 85.0 Å². The number of pyridine rings is 1. The quantitative estimate of drug-likeness (QED) is 0.563. The highest BCUT2D eigenvalue weighted by molar-refractivity contribution is 5.77. The van der Waals surface area contributed by atoms with Crippen LogP contribution in [0.2, 0.25) is 0 Å². The zero-order valence-corrected chi connectivity index (χ0v) is 12.8.